The van der Waals surface area contributed by atoms with Crippen LogP contribution in [0.1, 0.15) is 5.56 Å². The molecule has 1 aromatic heterocycles. The van der Waals surface area contributed by atoms with Crippen molar-refractivity contribution in [2.45, 2.75) is 6.18 Å². The van der Waals surface area contributed by atoms with Crippen LogP contribution in [0.4, 0.5) is 13.2 Å². The zero-order valence-corrected chi connectivity index (χ0v) is 10.6. The lowest BCUT2D eigenvalue weighted by atomic mass is 10.2. The van der Waals surface area contributed by atoms with Gasteiger partial charge in [0.2, 0.25) is 5.88 Å². The van der Waals surface area contributed by atoms with E-state index in [-0.39, 0.29) is 21.8 Å². The number of ether oxygens (including phenoxy) is 1. The highest BCUT2D eigenvalue weighted by Crippen LogP contribution is 2.36. The van der Waals surface area contributed by atoms with E-state index in [1.54, 1.807) is 0 Å². The number of hydrogen-bond acceptors (Lipinski definition) is 3. The Morgan fingerprint density at radius 1 is 1.00 bits per heavy atom. The van der Waals surface area contributed by atoms with Gasteiger partial charge in [-0.3, -0.25) is 0 Å². The van der Waals surface area contributed by atoms with Crippen LogP contribution in [0.5, 0.6) is 11.6 Å². The first kappa shape index (κ1) is 13.9. The number of halogens is 5. The molecular weight excluding hydrogens is 304 g/mol. The van der Waals surface area contributed by atoms with Crippen LogP contribution in [0.2, 0.25) is 10.2 Å². The molecule has 0 radical (unpaired) electrons. The summed E-state index contributed by atoms with van der Waals surface area (Å²) in [5.41, 5.74) is -0.867. The van der Waals surface area contributed by atoms with E-state index >= 15 is 0 Å². The summed E-state index contributed by atoms with van der Waals surface area (Å²) in [4.78, 5) is 0. The first-order valence-electron chi connectivity index (χ1n) is 4.90. The zero-order valence-electron chi connectivity index (χ0n) is 9.08. The van der Waals surface area contributed by atoms with Gasteiger partial charge >= 0.3 is 6.18 Å². The highest BCUT2D eigenvalue weighted by atomic mass is 35.5. The summed E-state index contributed by atoms with van der Waals surface area (Å²) < 4.78 is 42.8. The summed E-state index contributed by atoms with van der Waals surface area (Å²) in [6.07, 6.45) is -4.48. The van der Waals surface area contributed by atoms with E-state index in [2.05, 4.69) is 10.2 Å². The van der Waals surface area contributed by atoms with Crippen LogP contribution in [0.25, 0.3) is 0 Å². The molecule has 3 nitrogen and oxygen atoms in total. The Hall–Kier alpha value is -1.53. The molecule has 0 saturated heterocycles. The lowest BCUT2D eigenvalue weighted by molar-refractivity contribution is -0.137. The van der Waals surface area contributed by atoms with Gasteiger partial charge in [0.05, 0.1) is 10.6 Å². The topological polar surface area (TPSA) is 35.0 Å². The molecule has 0 aliphatic rings. The fourth-order valence-electron chi connectivity index (χ4n) is 1.23. The zero-order chi connectivity index (χ0) is 14.0. The van der Waals surface area contributed by atoms with Crippen molar-refractivity contribution in [1.29, 1.82) is 0 Å². The van der Waals surface area contributed by atoms with E-state index in [9.17, 15) is 13.2 Å². The Kier molecular flexibility index (Phi) is 3.82. The second-order valence-corrected chi connectivity index (χ2v) is 4.23. The van der Waals surface area contributed by atoms with E-state index in [0.29, 0.717) is 0 Å². The Balaban J connectivity index is 2.31. The van der Waals surface area contributed by atoms with E-state index in [1.807, 2.05) is 0 Å². The number of nitrogens with zero attached hydrogens (tertiary/aromatic N) is 2. The second kappa shape index (κ2) is 5.22. The van der Waals surface area contributed by atoms with E-state index in [0.717, 1.165) is 18.2 Å². The van der Waals surface area contributed by atoms with Crippen molar-refractivity contribution in [1.82, 2.24) is 10.2 Å². The number of aromatic nitrogens is 2. The predicted molar refractivity (Wildman–Crippen MR) is 63.6 cm³/mol. The lowest BCUT2D eigenvalue weighted by Crippen LogP contribution is -2.05. The Labute approximate surface area is 115 Å². The number of alkyl halides is 3. The van der Waals surface area contributed by atoms with Gasteiger partial charge in [0.15, 0.2) is 5.15 Å². The highest BCUT2D eigenvalue weighted by molar-refractivity contribution is 6.32. The largest absolute Gasteiger partial charge is 0.436 e. The standard InChI is InChI=1S/C11H5Cl2F3N2O/c12-7-2-1-6(11(14,15)16)5-8(7)19-10-4-3-9(13)17-18-10/h1-5H. The molecule has 2 aromatic rings. The van der Waals surface area contributed by atoms with Crippen LogP contribution in [0, 0.1) is 0 Å². The number of hydrogen-bond donors (Lipinski definition) is 0. The Morgan fingerprint density at radius 3 is 2.32 bits per heavy atom. The molecule has 8 heteroatoms. The summed E-state index contributed by atoms with van der Waals surface area (Å²) in [5.74, 6) is -0.168. The SMILES string of the molecule is FC(F)(F)c1ccc(Cl)c(Oc2ccc(Cl)nn2)c1. The molecule has 0 aliphatic heterocycles. The van der Waals surface area contributed by atoms with Gasteiger partial charge in [-0.2, -0.15) is 13.2 Å². The van der Waals surface area contributed by atoms with Crippen molar-refractivity contribution in [2.24, 2.45) is 0 Å². The van der Waals surface area contributed by atoms with Gasteiger partial charge in [0.1, 0.15) is 5.75 Å². The fourth-order valence-corrected chi connectivity index (χ4v) is 1.49. The van der Waals surface area contributed by atoms with Gasteiger partial charge < -0.3 is 4.74 Å². The van der Waals surface area contributed by atoms with Gasteiger partial charge in [0, 0.05) is 6.07 Å². The molecular formula is C11H5Cl2F3N2O. The normalized spacial score (nSPS) is 11.4. The van der Waals surface area contributed by atoms with E-state index in [4.69, 9.17) is 27.9 Å². The predicted octanol–water partition coefficient (Wildman–Crippen LogP) is 4.59. The first-order valence-corrected chi connectivity index (χ1v) is 5.66. The number of benzene rings is 1. The summed E-state index contributed by atoms with van der Waals surface area (Å²) in [5, 5.41) is 7.24. The Morgan fingerprint density at radius 2 is 1.74 bits per heavy atom. The van der Waals surface area contributed by atoms with Crippen LogP contribution in [-0.4, -0.2) is 10.2 Å². The molecule has 19 heavy (non-hydrogen) atoms. The van der Waals surface area contributed by atoms with Crippen molar-refractivity contribution in [3.8, 4) is 11.6 Å². The van der Waals surface area contributed by atoms with Gasteiger partial charge in [-0.15, -0.1) is 10.2 Å². The van der Waals surface area contributed by atoms with Gasteiger partial charge in [0.25, 0.3) is 0 Å². The van der Waals surface area contributed by atoms with Gasteiger partial charge in [-0.25, -0.2) is 0 Å². The molecule has 0 N–H and O–H groups in total. The minimum atomic E-state index is -4.48. The smallest absolute Gasteiger partial charge is 0.416 e. The van der Waals surface area contributed by atoms with Crippen LogP contribution in [-0.2, 0) is 6.18 Å². The third-order valence-electron chi connectivity index (χ3n) is 2.08. The summed E-state index contributed by atoms with van der Waals surface area (Å²) >= 11 is 11.3. The van der Waals surface area contributed by atoms with Gasteiger partial charge in [-0.1, -0.05) is 23.2 Å². The highest BCUT2D eigenvalue weighted by Gasteiger charge is 2.31. The van der Waals surface area contributed by atoms with Crippen LogP contribution >= 0.6 is 23.2 Å². The monoisotopic (exact) mass is 308 g/mol. The molecule has 0 fully saturated rings. The molecule has 1 aromatic carbocycles. The third kappa shape index (κ3) is 3.48. The molecule has 0 aliphatic carbocycles. The van der Waals surface area contributed by atoms with Gasteiger partial charge in [-0.05, 0) is 24.3 Å². The van der Waals surface area contributed by atoms with Crippen LogP contribution < -0.4 is 4.74 Å². The molecule has 0 bridgehead atoms. The van der Waals surface area contributed by atoms with Crippen LogP contribution in [0.3, 0.4) is 0 Å². The molecule has 0 saturated carbocycles. The first-order chi connectivity index (χ1) is 8.86. The minimum Gasteiger partial charge on any atom is -0.436 e. The summed E-state index contributed by atoms with van der Waals surface area (Å²) in [6, 6.07) is 5.52. The fraction of sp³-hybridized carbons (Fsp3) is 0.0909. The summed E-state index contributed by atoms with van der Waals surface area (Å²) in [6.45, 7) is 0. The molecule has 2 rings (SSSR count). The molecule has 1 heterocycles. The van der Waals surface area contributed by atoms with Crippen molar-refractivity contribution >= 4 is 23.2 Å². The maximum Gasteiger partial charge on any atom is 0.416 e. The van der Waals surface area contributed by atoms with Crippen LogP contribution in [0.15, 0.2) is 30.3 Å². The molecule has 100 valence electrons. The molecule has 0 unspecified atom stereocenters. The maximum atomic E-state index is 12.5. The minimum absolute atomic E-state index is 0.00868. The average molecular weight is 309 g/mol. The third-order valence-corrected chi connectivity index (χ3v) is 2.59. The van der Waals surface area contributed by atoms with E-state index in [1.165, 1.54) is 12.1 Å². The molecule has 0 amide bonds. The molecule has 0 atom stereocenters. The van der Waals surface area contributed by atoms with Crippen molar-refractivity contribution in [3.63, 3.8) is 0 Å². The second-order valence-electron chi connectivity index (χ2n) is 3.44. The quantitative estimate of drug-likeness (QED) is 0.813. The lowest BCUT2D eigenvalue weighted by Gasteiger charge is -2.10. The van der Waals surface area contributed by atoms with E-state index < -0.39 is 11.7 Å². The van der Waals surface area contributed by atoms with Crippen molar-refractivity contribution in [2.75, 3.05) is 0 Å². The average Bonchev–Trinajstić information content (AvgIpc) is 2.33. The Bertz CT molecular complexity index is 587. The number of rotatable bonds is 2. The van der Waals surface area contributed by atoms with Crippen molar-refractivity contribution < 1.29 is 17.9 Å². The summed E-state index contributed by atoms with van der Waals surface area (Å²) in [7, 11) is 0. The molecule has 0 spiro atoms. The maximum absolute atomic E-state index is 12.5. The van der Waals surface area contributed by atoms with Crippen molar-refractivity contribution in [3.05, 3.63) is 46.1 Å².